The molecule has 1 aliphatic rings. The topological polar surface area (TPSA) is 69.9 Å². The highest BCUT2D eigenvalue weighted by atomic mass is 16.5. The molecule has 26 heavy (non-hydrogen) atoms. The SMILES string of the molecule is O=C(NCCCOCC1CCCO1)c1occc1COc1ccccc1. The van der Waals surface area contributed by atoms with E-state index in [0.717, 1.165) is 37.2 Å². The van der Waals surface area contributed by atoms with Crippen molar-refractivity contribution >= 4 is 5.91 Å². The second-order valence-corrected chi connectivity index (χ2v) is 6.20. The maximum absolute atomic E-state index is 12.3. The van der Waals surface area contributed by atoms with Crippen LogP contribution in [0.1, 0.15) is 35.4 Å². The molecule has 1 aliphatic heterocycles. The largest absolute Gasteiger partial charge is 0.489 e. The van der Waals surface area contributed by atoms with Crippen molar-refractivity contribution in [1.82, 2.24) is 5.32 Å². The van der Waals surface area contributed by atoms with Gasteiger partial charge in [-0.1, -0.05) is 18.2 Å². The predicted octanol–water partition coefficient (Wildman–Crippen LogP) is 3.17. The molecular formula is C20H25NO5. The summed E-state index contributed by atoms with van der Waals surface area (Å²) >= 11 is 0. The fourth-order valence-corrected chi connectivity index (χ4v) is 2.77. The van der Waals surface area contributed by atoms with Crippen molar-refractivity contribution in [2.45, 2.75) is 32.0 Å². The second kappa shape index (κ2) is 9.99. The van der Waals surface area contributed by atoms with Gasteiger partial charge in [-0.3, -0.25) is 4.79 Å². The predicted molar refractivity (Wildman–Crippen MR) is 96.2 cm³/mol. The lowest BCUT2D eigenvalue weighted by molar-refractivity contribution is 0.0166. The van der Waals surface area contributed by atoms with Gasteiger partial charge in [0.05, 0.1) is 19.0 Å². The van der Waals surface area contributed by atoms with Gasteiger partial charge in [-0.05, 0) is 37.5 Å². The van der Waals surface area contributed by atoms with Crippen molar-refractivity contribution in [2.75, 3.05) is 26.4 Å². The molecule has 1 unspecified atom stereocenters. The maximum atomic E-state index is 12.3. The van der Waals surface area contributed by atoms with Crippen LogP contribution in [-0.2, 0) is 16.1 Å². The van der Waals surface area contributed by atoms with Gasteiger partial charge in [0.1, 0.15) is 12.4 Å². The van der Waals surface area contributed by atoms with Crippen LogP contribution in [-0.4, -0.2) is 38.4 Å². The minimum atomic E-state index is -0.235. The number of rotatable bonds is 10. The quantitative estimate of drug-likeness (QED) is 0.660. The Bertz CT molecular complexity index is 664. The molecule has 6 heteroatoms. The first-order valence-electron chi connectivity index (χ1n) is 9.04. The van der Waals surface area contributed by atoms with E-state index in [2.05, 4.69) is 5.32 Å². The first-order valence-corrected chi connectivity index (χ1v) is 9.04. The van der Waals surface area contributed by atoms with Gasteiger partial charge in [0, 0.05) is 25.3 Å². The lowest BCUT2D eigenvalue weighted by Crippen LogP contribution is -2.26. The van der Waals surface area contributed by atoms with Crippen molar-refractivity contribution in [3.8, 4) is 5.75 Å². The Morgan fingerprint density at radius 2 is 2.12 bits per heavy atom. The van der Waals surface area contributed by atoms with E-state index >= 15 is 0 Å². The van der Waals surface area contributed by atoms with Crippen LogP contribution in [0.4, 0.5) is 0 Å². The summed E-state index contributed by atoms with van der Waals surface area (Å²) in [7, 11) is 0. The molecule has 0 bridgehead atoms. The van der Waals surface area contributed by atoms with Crippen LogP contribution in [0.25, 0.3) is 0 Å². The van der Waals surface area contributed by atoms with Crippen molar-refractivity contribution in [1.29, 1.82) is 0 Å². The zero-order valence-corrected chi connectivity index (χ0v) is 14.8. The monoisotopic (exact) mass is 359 g/mol. The molecule has 1 fully saturated rings. The summed E-state index contributed by atoms with van der Waals surface area (Å²) in [6, 6.07) is 11.2. The lowest BCUT2D eigenvalue weighted by Gasteiger charge is -2.10. The molecule has 1 amide bonds. The van der Waals surface area contributed by atoms with Crippen molar-refractivity contribution in [3.63, 3.8) is 0 Å². The van der Waals surface area contributed by atoms with E-state index in [-0.39, 0.29) is 18.6 Å². The van der Waals surface area contributed by atoms with Gasteiger partial charge in [0.25, 0.3) is 5.91 Å². The second-order valence-electron chi connectivity index (χ2n) is 6.20. The zero-order chi connectivity index (χ0) is 18.0. The molecule has 0 saturated carbocycles. The minimum absolute atomic E-state index is 0.235. The smallest absolute Gasteiger partial charge is 0.287 e. The normalized spacial score (nSPS) is 16.5. The Balaban J connectivity index is 1.34. The van der Waals surface area contributed by atoms with Crippen molar-refractivity contribution in [3.05, 3.63) is 54.0 Å². The van der Waals surface area contributed by atoms with E-state index < -0.39 is 0 Å². The summed E-state index contributed by atoms with van der Waals surface area (Å²) in [5, 5.41) is 2.85. The third kappa shape index (κ3) is 5.61. The molecule has 0 aliphatic carbocycles. The average Bonchev–Trinajstić information content (AvgIpc) is 3.35. The molecule has 1 atom stereocenters. The highest BCUT2D eigenvalue weighted by molar-refractivity contribution is 5.92. The number of carbonyl (C=O) groups excluding carboxylic acids is 1. The van der Waals surface area contributed by atoms with E-state index in [4.69, 9.17) is 18.6 Å². The fourth-order valence-electron chi connectivity index (χ4n) is 2.77. The Kier molecular flexibility index (Phi) is 7.10. The molecule has 2 aromatic rings. The van der Waals surface area contributed by atoms with E-state index in [1.54, 1.807) is 6.07 Å². The van der Waals surface area contributed by atoms with E-state index in [1.165, 1.54) is 6.26 Å². The number of benzene rings is 1. The van der Waals surface area contributed by atoms with Crippen LogP contribution >= 0.6 is 0 Å². The van der Waals surface area contributed by atoms with Crippen molar-refractivity contribution in [2.24, 2.45) is 0 Å². The summed E-state index contributed by atoms with van der Waals surface area (Å²) in [5.41, 5.74) is 0.723. The van der Waals surface area contributed by atoms with Crippen LogP contribution < -0.4 is 10.1 Å². The molecule has 2 heterocycles. The first kappa shape index (κ1) is 18.5. The molecular weight excluding hydrogens is 334 g/mol. The molecule has 1 saturated heterocycles. The van der Waals surface area contributed by atoms with E-state index in [1.807, 2.05) is 30.3 Å². The summed E-state index contributed by atoms with van der Waals surface area (Å²) < 4.78 is 22.1. The summed E-state index contributed by atoms with van der Waals surface area (Å²) in [5.74, 6) is 0.811. The van der Waals surface area contributed by atoms with E-state index in [9.17, 15) is 4.79 Å². The van der Waals surface area contributed by atoms with Crippen LogP contribution in [0.5, 0.6) is 5.75 Å². The molecule has 6 nitrogen and oxygen atoms in total. The van der Waals surface area contributed by atoms with Gasteiger partial charge < -0.3 is 23.9 Å². The molecule has 1 aromatic carbocycles. The Labute approximate surface area is 153 Å². The average molecular weight is 359 g/mol. The van der Waals surface area contributed by atoms with Crippen LogP contribution in [0.3, 0.4) is 0 Å². The molecule has 1 N–H and O–H groups in total. The number of nitrogens with one attached hydrogen (secondary N) is 1. The Morgan fingerprint density at radius 3 is 2.92 bits per heavy atom. The standard InChI is InChI=1S/C20H25NO5/c22-20(21-10-5-11-23-15-18-8-4-12-24-18)19-16(9-13-25-19)14-26-17-6-2-1-3-7-17/h1-3,6-7,9,13,18H,4-5,8,10-12,14-15H2,(H,21,22). The summed E-state index contributed by atoms with van der Waals surface area (Å²) in [4.78, 5) is 12.3. The summed E-state index contributed by atoms with van der Waals surface area (Å²) in [6.45, 7) is 2.89. The van der Waals surface area contributed by atoms with Crippen LogP contribution in [0.15, 0.2) is 47.1 Å². The van der Waals surface area contributed by atoms with E-state index in [0.29, 0.717) is 25.5 Å². The number of para-hydroxylation sites is 1. The third-order valence-corrected chi connectivity index (χ3v) is 4.17. The van der Waals surface area contributed by atoms with Gasteiger partial charge in [-0.15, -0.1) is 0 Å². The highest BCUT2D eigenvalue weighted by Crippen LogP contribution is 2.16. The number of amides is 1. The Morgan fingerprint density at radius 1 is 1.23 bits per heavy atom. The summed E-state index contributed by atoms with van der Waals surface area (Å²) in [6.07, 6.45) is 4.67. The molecule has 3 rings (SSSR count). The van der Waals surface area contributed by atoms with Crippen LogP contribution in [0.2, 0.25) is 0 Å². The van der Waals surface area contributed by atoms with Gasteiger partial charge in [0.2, 0.25) is 0 Å². The fraction of sp³-hybridized carbons (Fsp3) is 0.450. The zero-order valence-electron chi connectivity index (χ0n) is 14.8. The highest BCUT2D eigenvalue weighted by Gasteiger charge is 2.16. The van der Waals surface area contributed by atoms with Gasteiger partial charge in [0.15, 0.2) is 5.76 Å². The molecule has 1 aromatic heterocycles. The number of ether oxygens (including phenoxy) is 3. The lowest BCUT2D eigenvalue weighted by atomic mass is 10.2. The van der Waals surface area contributed by atoms with Gasteiger partial charge in [-0.2, -0.15) is 0 Å². The van der Waals surface area contributed by atoms with Gasteiger partial charge >= 0.3 is 0 Å². The first-order chi connectivity index (χ1) is 12.8. The maximum Gasteiger partial charge on any atom is 0.287 e. The van der Waals surface area contributed by atoms with Crippen LogP contribution in [0, 0.1) is 0 Å². The molecule has 0 spiro atoms. The van der Waals surface area contributed by atoms with Crippen molar-refractivity contribution < 1.29 is 23.4 Å². The molecule has 0 radical (unpaired) electrons. The minimum Gasteiger partial charge on any atom is -0.489 e. The van der Waals surface area contributed by atoms with Gasteiger partial charge in [-0.25, -0.2) is 0 Å². The molecule has 140 valence electrons. The number of hydrogen-bond donors (Lipinski definition) is 1. The third-order valence-electron chi connectivity index (χ3n) is 4.17. The Hall–Kier alpha value is -2.31. The number of carbonyl (C=O) groups is 1. The number of furan rings is 1. The number of hydrogen-bond acceptors (Lipinski definition) is 5.